The van der Waals surface area contributed by atoms with Gasteiger partial charge in [0.1, 0.15) is 5.82 Å². The highest BCUT2D eigenvalue weighted by Gasteiger charge is 2.22. The van der Waals surface area contributed by atoms with Gasteiger partial charge in [-0.1, -0.05) is 19.8 Å². The minimum atomic E-state index is -0.125. The Kier molecular flexibility index (Phi) is 4.22. The number of pyridine rings is 1. The normalized spacial score (nSPS) is 23.7. The number of anilines is 1. The first-order chi connectivity index (χ1) is 8.56. The quantitative estimate of drug-likeness (QED) is 0.882. The van der Waals surface area contributed by atoms with Gasteiger partial charge in [-0.05, 0) is 40.8 Å². The molecule has 1 amide bonds. The summed E-state index contributed by atoms with van der Waals surface area (Å²) in [5.41, 5.74) is 6.18. The van der Waals surface area contributed by atoms with E-state index in [4.69, 9.17) is 5.73 Å². The van der Waals surface area contributed by atoms with E-state index in [2.05, 4.69) is 33.2 Å². The lowest BCUT2D eigenvalue weighted by atomic mass is 9.87. The van der Waals surface area contributed by atoms with E-state index in [1.165, 1.54) is 12.8 Å². The van der Waals surface area contributed by atoms with Crippen LogP contribution in [0.25, 0.3) is 0 Å². The van der Waals surface area contributed by atoms with Crippen molar-refractivity contribution in [1.29, 1.82) is 0 Å². The Morgan fingerprint density at radius 1 is 1.56 bits per heavy atom. The van der Waals surface area contributed by atoms with Crippen LogP contribution in [0, 0.1) is 5.92 Å². The number of aromatic nitrogens is 1. The molecule has 3 N–H and O–H groups in total. The molecule has 98 valence electrons. The third-order valence-corrected chi connectivity index (χ3v) is 3.84. The van der Waals surface area contributed by atoms with Crippen molar-refractivity contribution in [1.82, 2.24) is 10.3 Å². The van der Waals surface area contributed by atoms with E-state index in [1.54, 1.807) is 12.3 Å². The molecule has 2 rings (SSSR count). The van der Waals surface area contributed by atoms with Crippen molar-refractivity contribution in [2.75, 3.05) is 5.73 Å². The minimum absolute atomic E-state index is 0.125. The lowest BCUT2D eigenvalue weighted by molar-refractivity contribution is 0.0922. The number of hydrogen-bond acceptors (Lipinski definition) is 3. The van der Waals surface area contributed by atoms with Crippen LogP contribution >= 0.6 is 15.9 Å². The van der Waals surface area contributed by atoms with Crippen molar-refractivity contribution in [2.24, 2.45) is 5.92 Å². The third-order valence-electron chi connectivity index (χ3n) is 3.40. The van der Waals surface area contributed by atoms with Crippen LogP contribution in [-0.2, 0) is 0 Å². The van der Waals surface area contributed by atoms with Gasteiger partial charge in [-0.25, -0.2) is 4.98 Å². The van der Waals surface area contributed by atoms with Crippen LogP contribution in [0.4, 0.5) is 5.82 Å². The average Bonchev–Trinajstić information content (AvgIpc) is 2.32. The fourth-order valence-electron chi connectivity index (χ4n) is 2.46. The predicted molar refractivity (Wildman–Crippen MR) is 75.2 cm³/mol. The van der Waals surface area contributed by atoms with Gasteiger partial charge in [0, 0.05) is 16.7 Å². The number of hydrogen-bond donors (Lipinski definition) is 2. The number of nitrogen functional groups attached to an aromatic ring is 1. The molecule has 5 heteroatoms. The van der Waals surface area contributed by atoms with Gasteiger partial charge in [0.05, 0.1) is 5.56 Å². The summed E-state index contributed by atoms with van der Waals surface area (Å²) >= 11 is 3.30. The Hall–Kier alpha value is -1.10. The van der Waals surface area contributed by atoms with Gasteiger partial charge < -0.3 is 11.1 Å². The maximum atomic E-state index is 12.1. The van der Waals surface area contributed by atoms with Crippen molar-refractivity contribution >= 4 is 27.7 Å². The van der Waals surface area contributed by atoms with E-state index in [1.807, 2.05) is 0 Å². The largest absolute Gasteiger partial charge is 0.383 e. The highest BCUT2D eigenvalue weighted by atomic mass is 79.9. The van der Waals surface area contributed by atoms with Gasteiger partial charge in [-0.3, -0.25) is 4.79 Å². The Morgan fingerprint density at radius 2 is 2.33 bits per heavy atom. The molecular formula is C13H18BrN3O. The molecule has 1 heterocycles. The van der Waals surface area contributed by atoms with Crippen LogP contribution in [0.5, 0.6) is 0 Å². The number of nitrogens with two attached hydrogens (primary N) is 1. The van der Waals surface area contributed by atoms with Crippen molar-refractivity contribution in [2.45, 2.75) is 38.6 Å². The lowest BCUT2D eigenvalue weighted by Crippen LogP contribution is -2.38. The SMILES string of the molecule is CC1CCCC(NC(=O)c2cc(Br)cnc2N)C1. The van der Waals surface area contributed by atoms with Crippen LogP contribution in [0.2, 0.25) is 0 Å². The van der Waals surface area contributed by atoms with Gasteiger partial charge in [-0.2, -0.15) is 0 Å². The van der Waals surface area contributed by atoms with Crippen molar-refractivity contribution in [3.8, 4) is 0 Å². The molecule has 0 aliphatic heterocycles. The van der Waals surface area contributed by atoms with E-state index < -0.39 is 0 Å². The maximum absolute atomic E-state index is 12.1. The second-order valence-corrected chi connectivity index (χ2v) is 5.94. The predicted octanol–water partition coefficient (Wildman–Crippen LogP) is 2.73. The standard InChI is InChI=1S/C13H18BrN3O/c1-8-3-2-4-10(5-8)17-13(18)11-6-9(14)7-16-12(11)15/h6-8,10H,2-5H2,1H3,(H2,15,16)(H,17,18). The van der Waals surface area contributed by atoms with Gasteiger partial charge >= 0.3 is 0 Å². The molecule has 1 aliphatic rings. The highest BCUT2D eigenvalue weighted by Crippen LogP contribution is 2.24. The molecule has 2 unspecified atom stereocenters. The summed E-state index contributed by atoms with van der Waals surface area (Å²) in [6.45, 7) is 2.23. The smallest absolute Gasteiger partial charge is 0.255 e. The fraction of sp³-hybridized carbons (Fsp3) is 0.538. The number of nitrogens with one attached hydrogen (secondary N) is 1. The van der Waals surface area contributed by atoms with E-state index in [-0.39, 0.29) is 17.8 Å². The maximum Gasteiger partial charge on any atom is 0.255 e. The summed E-state index contributed by atoms with van der Waals surface area (Å²) in [4.78, 5) is 16.1. The zero-order valence-electron chi connectivity index (χ0n) is 10.4. The third kappa shape index (κ3) is 3.22. The molecule has 1 aromatic rings. The van der Waals surface area contributed by atoms with E-state index in [9.17, 15) is 4.79 Å². The first-order valence-corrected chi connectivity index (χ1v) is 7.07. The number of halogens is 1. The Bertz CT molecular complexity index is 450. The fourth-order valence-corrected chi connectivity index (χ4v) is 2.79. The monoisotopic (exact) mass is 311 g/mol. The van der Waals surface area contributed by atoms with Gasteiger partial charge in [0.25, 0.3) is 5.91 Å². The zero-order valence-corrected chi connectivity index (χ0v) is 12.0. The van der Waals surface area contributed by atoms with Crippen LogP contribution in [-0.4, -0.2) is 16.9 Å². The van der Waals surface area contributed by atoms with Crippen molar-refractivity contribution in [3.63, 3.8) is 0 Å². The van der Waals surface area contributed by atoms with Gasteiger partial charge in [0.15, 0.2) is 0 Å². The topological polar surface area (TPSA) is 68.0 Å². The first kappa shape index (κ1) is 13.3. The van der Waals surface area contributed by atoms with E-state index in [0.29, 0.717) is 11.5 Å². The van der Waals surface area contributed by atoms with Crippen molar-refractivity contribution < 1.29 is 4.79 Å². The molecular weight excluding hydrogens is 294 g/mol. The van der Waals surface area contributed by atoms with Gasteiger partial charge in [0.2, 0.25) is 0 Å². The number of carbonyl (C=O) groups is 1. The first-order valence-electron chi connectivity index (χ1n) is 6.28. The summed E-state index contributed by atoms with van der Waals surface area (Å²) in [5.74, 6) is 0.835. The molecule has 2 atom stereocenters. The molecule has 0 radical (unpaired) electrons. The summed E-state index contributed by atoms with van der Waals surface area (Å²) in [5, 5.41) is 3.05. The molecule has 1 fully saturated rings. The Balaban J connectivity index is 2.05. The summed E-state index contributed by atoms with van der Waals surface area (Å²) in [6, 6.07) is 1.98. The number of carbonyl (C=O) groups excluding carboxylic acids is 1. The number of nitrogens with zero attached hydrogens (tertiary/aromatic N) is 1. The van der Waals surface area contributed by atoms with E-state index >= 15 is 0 Å². The number of rotatable bonds is 2. The highest BCUT2D eigenvalue weighted by molar-refractivity contribution is 9.10. The van der Waals surface area contributed by atoms with Crippen LogP contribution in [0.3, 0.4) is 0 Å². The Morgan fingerprint density at radius 3 is 3.06 bits per heavy atom. The Labute approximate surface area is 115 Å². The van der Waals surface area contributed by atoms with Crippen molar-refractivity contribution in [3.05, 3.63) is 22.3 Å². The number of amides is 1. The molecule has 1 saturated carbocycles. The molecule has 0 bridgehead atoms. The van der Waals surface area contributed by atoms with Crippen LogP contribution in [0.1, 0.15) is 43.0 Å². The summed E-state index contributed by atoms with van der Waals surface area (Å²) in [7, 11) is 0. The molecule has 1 aromatic heterocycles. The molecule has 0 saturated heterocycles. The summed E-state index contributed by atoms with van der Waals surface area (Å²) < 4.78 is 0.763. The van der Waals surface area contributed by atoms with Crippen LogP contribution < -0.4 is 11.1 Å². The summed E-state index contributed by atoms with van der Waals surface area (Å²) in [6.07, 6.45) is 6.13. The van der Waals surface area contributed by atoms with Crippen LogP contribution in [0.15, 0.2) is 16.7 Å². The van der Waals surface area contributed by atoms with Gasteiger partial charge in [-0.15, -0.1) is 0 Å². The zero-order chi connectivity index (χ0) is 13.1. The average molecular weight is 312 g/mol. The lowest BCUT2D eigenvalue weighted by Gasteiger charge is -2.27. The molecule has 18 heavy (non-hydrogen) atoms. The second kappa shape index (κ2) is 5.69. The molecule has 1 aliphatic carbocycles. The minimum Gasteiger partial charge on any atom is -0.383 e. The van der Waals surface area contributed by atoms with E-state index in [0.717, 1.165) is 17.3 Å². The molecule has 4 nitrogen and oxygen atoms in total. The molecule has 0 spiro atoms. The second-order valence-electron chi connectivity index (χ2n) is 5.03. The molecule has 0 aromatic carbocycles.